The standard InChI is InChI=1S/C28H24S2/c1-3-4-7-17(2)18-10-11-21-14-24-26(16-22(21)12-18)30-27-23-13-19-8-5-6-9-20(19)15-25(23)29-28(24)27/h5-6,8-17H,3-4,7H2,1-2H3. The molecule has 0 fully saturated rings. The quantitative estimate of drug-likeness (QED) is 0.264. The van der Waals surface area contributed by atoms with Gasteiger partial charge in [-0.15, -0.1) is 22.7 Å². The second-order valence-corrected chi connectivity index (χ2v) is 10.7. The van der Waals surface area contributed by atoms with Crippen LogP contribution in [-0.2, 0) is 0 Å². The molecule has 30 heavy (non-hydrogen) atoms. The lowest BCUT2D eigenvalue weighted by Crippen LogP contribution is -1.93. The van der Waals surface area contributed by atoms with Crippen molar-refractivity contribution in [2.24, 2.45) is 0 Å². The van der Waals surface area contributed by atoms with Gasteiger partial charge in [0, 0.05) is 20.2 Å². The van der Waals surface area contributed by atoms with Crippen LogP contribution in [0.2, 0.25) is 0 Å². The predicted octanol–water partition coefficient (Wildman–Crippen LogP) is 9.87. The normalized spacial score (nSPS) is 13.3. The first-order valence-corrected chi connectivity index (χ1v) is 12.6. The Hall–Kier alpha value is -2.42. The van der Waals surface area contributed by atoms with Crippen molar-refractivity contribution in [2.75, 3.05) is 0 Å². The molecule has 0 aliphatic rings. The highest BCUT2D eigenvalue weighted by molar-refractivity contribution is 7.36. The van der Waals surface area contributed by atoms with E-state index in [2.05, 4.69) is 80.6 Å². The molecule has 6 aromatic rings. The number of rotatable bonds is 4. The number of hydrogen-bond donors (Lipinski definition) is 0. The van der Waals surface area contributed by atoms with Gasteiger partial charge >= 0.3 is 0 Å². The molecule has 6 rings (SSSR count). The summed E-state index contributed by atoms with van der Waals surface area (Å²) in [7, 11) is 0. The van der Waals surface area contributed by atoms with Gasteiger partial charge in [-0.2, -0.15) is 0 Å². The van der Waals surface area contributed by atoms with Crippen LogP contribution < -0.4 is 0 Å². The van der Waals surface area contributed by atoms with Gasteiger partial charge in [0.05, 0.1) is 9.40 Å². The first-order valence-electron chi connectivity index (χ1n) is 10.9. The van der Waals surface area contributed by atoms with E-state index in [0.29, 0.717) is 5.92 Å². The third-order valence-electron chi connectivity index (χ3n) is 6.49. The summed E-state index contributed by atoms with van der Waals surface area (Å²) in [5, 5.41) is 8.23. The maximum atomic E-state index is 2.43. The monoisotopic (exact) mass is 424 g/mol. The van der Waals surface area contributed by atoms with Crippen molar-refractivity contribution in [2.45, 2.75) is 39.0 Å². The number of thiophene rings is 2. The fourth-order valence-corrected chi connectivity index (χ4v) is 7.38. The minimum Gasteiger partial charge on any atom is -0.134 e. The second-order valence-electron chi connectivity index (χ2n) is 8.56. The van der Waals surface area contributed by atoms with Crippen molar-refractivity contribution in [1.29, 1.82) is 0 Å². The highest BCUT2D eigenvalue weighted by Gasteiger charge is 2.14. The van der Waals surface area contributed by atoms with Crippen LogP contribution in [0.15, 0.2) is 66.7 Å². The molecule has 0 radical (unpaired) electrons. The zero-order valence-electron chi connectivity index (χ0n) is 17.4. The van der Waals surface area contributed by atoms with Crippen molar-refractivity contribution >= 4 is 73.8 Å². The van der Waals surface area contributed by atoms with Gasteiger partial charge in [0.1, 0.15) is 0 Å². The van der Waals surface area contributed by atoms with Crippen LogP contribution in [0.25, 0.3) is 51.1 Å². The molecule has 4 aromatic carbocycles. The summed E-state index contributed by atoms with van der Waals surface area (Å²) >= 11 is 3.91. The number of hydrogen-bond acceptors (Lipinski definition) is 2. The second kappa shape index (κ2) is 7.08. The molecule has 0 aliphatic heterocycles. The van der Waals surface area contributed by atoms with Gasteiger partial charge in [-0.1, -0.05) is 69.2 Å². The van der Waals surface area contributed by atoms with E-state index in [4.69, 9.17) is 0 Å². The summed E-state index contributed by atoms with van der Waals surface area (Å²) in [5.74, 6) is 0.633. The van der Waals surface area contributed by atoms with Gasteiger partial charge in [-0.25, -0.2) is 0 Å². The molecule has 0 aliphatic carbocycles. The Morgan fingerprint density at radius 2 is 1.30 bits per heavy atom. The molecule has 2 heteroatoms. The van der Waals surface area contributed by atoms with Crippen LogP contribution in [0.1, 0.15) is 44.6 Å². The van der Waals surface area contributed by atoms with E-state index in [1.807, 2.05) is 22.7 Å². The minimum atomic E-state index is 0.633. The highest BCUT2D eigenvalue weighted by Crippen LogP contribution is 2.46. The maximum absolute atomic E-state index is 2.43. The lowest BCUT2D eigenvalue weighted by atomic mass is 9.93. The molecule has 1 unspecified atom stereocenters. The molecule has 0 bridgehead atoms. The summed E-state index contributed by atoms with van der Waals surface area (Å²) in [6.45, 7) is 4.64. The van der Waals surface area contributed by atoms with Crippen LogP contribution >= 0.6 is 22.7 Å². The first kappa shape index (κ1) is 18.4. The van der Waals surface area contributed by atoms with E-state index in [9.17, 15) is 0 Å². The van der Waals surface area contributed by atoms with Crippen molar-refractivity contribution in [3.63, 3.8) is 0 Å². The molecule has 2 heterocycles. The Morgan fingerprint density at radius 3 is 1.97 bits per heavy atom. The van der Waals surface area contributed by atoms with Gasteiger partial charge in [0.25, 0.3) is 0 Å². The largest absolute Gasteiger partial charge is 0.134 e. The lowest BCUT2D eigenvalue weighted by molar-refractivity contribution is 0.625. The van der Waals surface area contributed by atoms with Gasteiger partial charge in [-0.3, -0.25) is 0 Å². The van der Waals surface area contributed by atoms with Gasteiger partial charge < -0.3 is 0 Å². The Morgan fingerprint density at radius 1 is 0.700 bits per heavy atom. The number of unbranched alkanes of at least 4 members (excludes halogenated alkanes) is 1. The molecular formula is C28H24S2. The van der Waals surface area contributed by atoms with Crippen molar-refractivity contribution in [3.05, 3.63) is 72.3 Å². The zero-order chi connectivity index (χ0) is 20.2. The summed E-state index contributed by atoms with van der Waals surface area (Å²) in [4.78, 5) is 0. The van der Waals surface area contributed by atoms with E-state index in [-0.39, 0.29) is 0 Å². The molecule has 2 aromatic heterocycles. The number of fused-ring (bicyclic) bond motifs is 7. The van der Waals surface area contributed by atoms with Crippen LogP contribution in [0.3, 0.4) is 0 Å². The fourth-order valence-electron chi connectivity index (χ4n) is 4.69. The molecule has 0 saturated heterocycles. The summed E-state index contributed by atoms with van der Waals surface area (Å²) < 4.78 is 5.71. The molecule has 0 N–H and O–H groups in total. The number of benzene rings is 4. The van der Waals surface area contributed by atoms with Gasteiger partial charge in [0.15, 0.2) is 0 Å². The van der Waals surface area contributed by atoms with Crippen LogP contribution in [0.4, 0.5) is 0 Å². The summed E-state index contributed by atoms with van der Waals surface area (Å²) in [6, 6.07) is 25.4. The Kier molecular flexibility index (Phi) is 4.33. The van der Waals surface area contributed by atoms with Crippen LogP contribution in [0.5, 0.6) is 0 Å². The third kappa shape index (κ3) is 2.85. The van der Waals surface area contributed by atoms with Gasteiger partial charge in [-0.05, 0) is 63.7 Å². The van der Waals surface area contributed by atoms with Crippen molar-refractivity contribution in [3.8, 4) is 0 Å². The SMILES string of the molecule is CCCCC(C)c1ccc2cc3c(cc2c1)sc1c2cc4ccccc4cc2sc31. The third-order valence-corrected chi connectivity index (χ3v) is 8.99. The molecule has 1 atom stereocenters. The Bertz CT molecular complexity index is 1550. The summed E-state index contributed by atoms with van der Waals surface area (Å²) in [5.41, 5.74) is 1.48. The molecule has 148 valence electrons. The maximum Gasteiger partial charge on any atom is 0.0542 e. The average Bonchev–Trinajstić information content (AvgIpc) is 3.29. The van der Waals surface area contributed by atoms with E-state index < -0.39 is 0 Å². The fraction of sp³-hybridized carbons (Fsp3) is 0.214. The smallest absolute Gasteiger partial charge is 0.0542 e. The Labute approximate surface area is 184 Å². The van der Waals surface area contributed by atoms with E-state index in [0.717, 1.165) is 0 Å². The minimum absolute atomic E-state index is 0.633. The van der Waals surface area contributed by atoms with Gasteiger partial charge in [0.2, 0.25) is 0 Å². The lowest BCUT2D eigenvalue weighted by Gasteiger charge is -2.12. The molecule has 0 saturated carbocycles. The predicted molar refractivity (Wildman–Crippen MR) is 138 cm³/mol. The highest BCUT2D eigenvalue weighted by atomic mass is 32.1. The molecule has 0 nitrogen and oxygen atoms in total. The Balaban J connectivity index is 1.55. The van der Waals surface area contributed by atoms with E-state index in [1.165, 1.54) is 75.9 Å². The average molecular weight is 425 g/mol. The topological polar surface area (TPSA) is 0 Å². The zero-order valence-corrected chi connectivity index (χ0v) is 19.0. The van der Waals surface area contributed by atoms with Crippen LogP contribution in [0, 0.1) is 0 Å². The molecule has 0 amide bonds. The van der Waals surface area contributed by atoms with Crippen molar-refractivity contribution in [1.82, 2.24) is 0 Å². The molecular weight excluding hydrogens is 400 g/mol. The van der Waals surface area contributed by atoms with E-state index >= 15 is 0 Å². The van der Waals surface area contributed by atoms with Crippen molar-refractivity contribution < 1.29 is 0 Å². The van der Waals surface area contributed by atoms with E-state index in [1.54, 1.807) is 0 Å². The van der Waals surface area contributed by atoms with Crippen LogP contribution in [-0.4, -0.2) is 0 Å². The first-order chi connectivity index (χ1) is 14.7. The summed E-state index contributed by atoms with van der Waals surface area (Å²) in [6.07, 6.45) is 3.86. The molecule has 0 spiro atoms.